The Kier molecular flexibility index (Phi) is 3.42. The van der Waals surface area contributed by atoms with Gasteiger partial charge in [0.15, 0.2) is 0 Å². The van der Waals surface area contributed by atoms with E-state index in [1.807, 2.05) is 18.3 Å². The van der Waals surface area contributed by atoms with Gasteiger partial charge in [0.25, 0.3) is 0 Å². The quantitative estimate of drug-likeness (QED) is 0.780. The summed E-state index contributed by atoms with van der Waals surface area (Å²) in [6, 6.07) is 11.2. The number of rotatable bonds is 4. The Morgan fingerprint density at radius 3 is 2.88 bits per heavy atom. The van der Waals surface area contributed by atoms with Crippen LogP contribution < -0.4 is 5.32 Å². The summed E-state index contributed by atoms with van der Waals surface area (Å²) in [5.41, 5.74) is 1.17. The Bertz CT molecular complexity index is 465. The van der Waals surface area contributed by atoms with E-state index >= 15 is 0 Å². The second-order valence-corrected chi connectivity index (χ2v) is 5.36. The largest absolute Gasteiger partial charge is 0.306 e. The molecule has 0 aliphatic heterocycles. The molecule has 2 aromatic rings. The van der Waals surface area contributed by atoms with Crippen LogP contribution in [0.15, 0.2) is 42.5 Å². The number of fused-ring (bicyclic) bond motifs is 1. The van der Waals surface area contributed by atoms with Gasteiger partial charge in [0.1, 0.15) is 0 Å². The highest BCUT2D eigenvalue weighted by atomic mass is 32.1. The van der Waals surface area contributed by atoms with E-state index in [1.54, 1.807) is 0 Å². The van der Waals surface area contributed by atoms with E-state index < -0.39 is 0 Å². The van der Waals surface area contributed by atoms with Crippen molar-refractivity contribution >= 4 is 21.4 Å². The predicted molar refractivity (Wildman–Crippen MR) is 73.1 cm³/mol. The van der Waals surface area contributed by atoms with Gasteiger partial charge >= 0.3 is 0 Å². The number of hydrogen-bond acceptors (Lipinski definition) is 2. The maximum Gasteiger partial charge on any atom is 0.0389 e. The van der Waals surface area contributed by atoms with Crippen molar-refractivity contribution in [2.45, 2.75) is 19.9 Å². The molecular formula is C14H17NS. The smallest absolute Gasteiger partial charge is 0.0389 e. The number of nitrogens with one attached hydrogen (secondary N) is 1. The Labute approximate surface area is 101 Å². The minimum absolute atomic E-state index is 0.397. The first-order valence-electron chi connectivity index (χ1n) is 5.53. The Morgan fingerprint density at radius 1 is 1.44 bits per heavy atom. The predicted octanol–water partition coefficient (Wildman–Crippen LogP) is 4.13. The van der Waals surface area contributed by atoms with Crippen LogP contribution in [0.2, 0.25) is 0 Å². The second kappa shape index (κ2) is 4.81. The molecule has 0 spiro atoms. The first-order chi connectivity index (χ1) is 7.66. The van der Waals surface area contributed by atoms with Gasteiger partial charge in [-0.3, -0.25) is 0 Å². The third kappa shape index (κ3) is 2.52. The van der Waals surface area contributed by atoms with Gasteiger partial charge in [0.2, 0.25) is 0 Å². The van der Waals surface area contributed by atoms with Gasteiger partial charge in [-0.1, -0.05) is 30.4 Å². The zero-order chi connectivity index (χ0) is 11.5. The lowest BCUT2D eigenvalue weighted by molar-refractivity contribution is 0.617. The van der Waals surface area contributed by atoms with Crippen molar-refractivity contribution in [3.8, 4) is 0 Å². The fraction of sp³-hybridized carbons (Fsp3) is 0.286. The van der Waals surface area contributed by atoms with Crippen LogP contribution in [0.4, 0.5) is 0 Å². The standard InChI is InChI=1S/C14H17NS/c1-10(2)9-15-11(3)14-8-12-6-4-5-7-13(12)16-14/h4-8,11,15H,1,9H2,2-3H3. The minimum Gasteiger partial charge on any atom is -0.306 e. The lowest BCUT2D eigenvalue weighted by atomic mass is 10.2. The van der Waals surface area contributed by atoms with Crippen molar-refractivity contribution in [2.75, 3.05) is 6.54 Å². The summed E-state index contributed by atoms with van der Waals surface area (Å²) in [4.78, 5) is 1.39. The molecule has 2 heteroatoms. The van der Waals surface area contributed by atoms with Gasteiger partial charge in [-0.15, -0.1) is 11.3 Å². The van der Waals surface area contributed by atoms with Crippen LogP contribution in [0.5, 0.6) is 0 Å². The third-order valence-electron chi connectivity index (χ3n) is 2.58. The van der Waals surface area contributed by atoms with Crippen LogP contribution in [-0.4, -0.2) is 6.54 Å². The van der Waals surface area contributed by atoms with Gasteiger partial charge in [-0.25, -0.2) is 0 Å². The van der Waals surface area contributed by atoms with Crippen LogP contribution in [0.25, 0.3) is 10.1 Å². The number of thiophene rings is 1. The molecule has 84 valence electrons. The first kappa shape index (κ1) is 11.4. The summed E-state index contributed by atoms with van der Waals surface area (Å²) >= 11 is 1.86. The summed E-state index contributed by atoms with van der Waals surface area (Å²) in [7, 11) is 0. The average molecular weight is 231 g/mol. The zero-order valence-electron chi connectivity index (χ0n) is 9.79. The van der Waals surface area contributed by atoms with E-state index in [0.717, 1.165) is 6.54 Å². The van der Waals surface area contributed by atoms with Crippen molar-refractivity contribution in [3.63, 3.8) is 0 Å². The molecule has 1 heterocycles. The van der Waals surface area contributed by atoms with Crippen molar-refractivity contribution in [1.82, 2.24) is 5.32 Å². The van der Waals surface area contributed by atoms with E-state index in [0.29, 0.717) is 6.04 Å². The van der Waals surface area contributed by atoms with Crippen molar-refractivity contribution < 1.29 is 0 Å². The Hall–Kier alpha value is -1.12. The van der Waals surface area contributed by atoms with Crippen LogP contribution in [0.3, 0.4) is 0 Å². The molecule has 1 unspecified atom stereocenters. The van der Waals surface area contributed by atoms with Gasteiger partial charge in [0, 0.05) is 22.2 Å². The maximum atomic E-state index is 3.90. The summed E-state index contributed by atoms with van der Waals surface area (Å²) in [6.45, 7) is 9.04. The van der Waals surface area contributed by atoms with Crippen molar-refractivity contribution in [3.05, 3.63) is 47.4 Å². The molecule has 0 amide bonds. The number of benzene rings is 1. The van der Waals surface area contributed by atoms with Gasteiger partial charge in [-0.05, 0) is 31.4 Å². The van der Waals surface area contributed by atoms with Crippen molar-refractivity contribution in [1.29, 1.82) is 0 Å². The van der Waals surface area contributed by atoms with Crippen LogP contribution in [-0.2, 0) is 0 Å². The molecular weight excluding hydrogens is 214 g/mol. The number of hydrogen-bond donors (Lipinski definition) is 1. The van der Waals surface area contributed by atoms with E-state index in [-0.39, 0.29) is 0 Å². The molecule has 0 radical (unpaired) electrons. The molecule has 0 saturated carbocycles. The van der Waals surface area contributed by atoms with E-state index in [2.05, 4.69) is 49.2 Å². The molecule has 1 N–H and O–H groups in total. The van der Waals surface area contributed by atoms with Crippen molar-refractivity contribution in [2.24, 2.45) is 0 Å². The SMILES string of the molecule is C=C(C)CNC(C)c1cc2ccccc2s1. The highest BCUT2D eigenvalue weighted by Crippen LogP contribution is 2.29. The van der Waals surface area contributed by atoms with Crippen LogP contribution in [0, 0.1) is 0 Å². The molecule has 1 atom stereocenters. The zero-order valence-corrected chi connectivity index (χ0v) is 10.6. The normalized spacial score (nSPS) is 12.9. The van der Waals surface area contributed by atoms with E-state index in [1.165, 1.54) is 20.5 Å². The Balaban J connectivity index is 2.16. The average Bonchev–Trinajstić information content (AvgIpc) is 2.69. The molecule has 0 fully saturated rings. The molecule has 16 heavy (non-hydrogen) atoms. The summed E-state index contributed by atoms with van der Waals surface area (Å²) < 4.78 is 1.36. The van der Waals surface area contributed by atoms with Crippen LogP contribution in [0.1, 0.15) is 24.8 Å². The minimum atomic E-state index is 0.397. The van der Waals surface area contributed by atoms with Gasteiger partial charge < -0.3 is 5.32 Å². The van der Waals surface area contributed by atoms with Crippen LogP contribution >= 0.6 is 11.3 Å². The van der Waals surface area contributed by atoms with Gasteiger partial charge in [0.05, 0.1) is 0 Å². The van der Waals surface area contributed by atoms with E-state index in [4.69, 9.17) is 0 Å². The maximum absolute atomic E-state index is 3.90. The molecule has 2 rings (SSSR count). The topological polar surface area (TPSA) is 12.0 Å². The molecule has 1 nitrogen and oxygen atoms in total. The summed E-state index contributed by atoms with van der Waals surface area (Å²) in [5, 5.41) is 4.81. The molecule has 1 aromatic carbocycles. The molecule has 0 saturated heterocycles. The second-order valence-electron chi connectivity index (χ2n) is 4.25. The van der Waals surface area contributed by atoms with Gasteiger partial charge in [-0.2, -0.15) is 0 Å². The third-order valence-corrected chi connectivity index (χ3v) is 3.88. The molecule has 0 bridgehead atoms. The lowest BCUT2D eigenvalue weighted by Gasteiger charge is -2.11. The molecule has 0 aliphatic carbocycles. The fourth-order valence-electron chi connectivity index (χ4n) is 1.64. The highest BCUT2D eigenvalue weighted by Gasteiger charge is 2.08. The first-order valence-corrected chi connectivity index (χ1v) is 6.34. The van der Waals surface area contributed by atoms with E-state index in [9.17, 15) is 0 Å². The Morgan fingerprint density at radius 2 is 2.19 bits per heavy atom. The summed E-state index contributed by atoms with van der Waals surface area (Å²) in [6.07, 6.45) is 0. The fourth-order valence-corrected chi connectivity index (χ4v) is 2.74. The highest BCUT2D eigenvalue weighted by molar-refractivity contribution is 7.19. The molecule has 1 aromatic heterocycles. The summed E-state index contributed by atoms with van der Waals surface area (Å²) in [5.74, 6) is 0. The monoisotopic (exact) mass is 231 g/mol. The molecule has 0 aliphatic rings. The lowest BCUT2D eigenvalue weighted by Crippen LogP contribution is -2.19.